The normalized spacial score (nSPS) is 17.8. The molecule has 9 heteroatoms. The summed E-state index contributed by atoms with van der Waals surface area (Å²) in [5.74, 6) is -0.215. The van der Waals surface area contributed by atoms with Crippen LogP contribution in [0.1, 0.15) is 67.7 Å². The average Bonchev–Trinajstić information content (AvgIpc) is 3.29. The fourth-order valence-electron chi connectivity index (χ4n) is 5.98. The zero-order valence-corrected chi connectivity index (χ0v) is 21.6. The molecule has 4 heterocycles. The van der Waals surface area contributed by atoms with E-state index >= 15 is 4.39 Å². The number of piperidine rings is 1. The molecule has 0 radical (unpaired) electrons. The number of fused-ring (bicyclic) bond motifs is 1. The first-order chi connectivity index (χ1) is 18.4. The van der Waals surface area contributed by atoms with Crippen molar-refractivity contribution in [3.8, 4) is 5.75 Å². The number of para-hydroxylation sites is 2. The molecule has 38 heavy (non-hydrogen) atoms. The molecule has 198 valence electrons. The first-order valence-electron chi connectivity index (χ1n) is 13.4. The quantitative estimate of drug-likeness (QED) is 0.371. The number of benzene rings is 2. The van der Waals surface area contributed by atoms with Gasteiger partial charge in [0.05, 0.1) is 28.0 Å². The number of rotatable bonds is 6. The van der Waals surface area contributed by atoms with Crippen molar-refractivity contribution in [3.05, 3.63) is 64.0 Å². The molecule has 2 aromatic heterocycles. The maximum atomic E-state index is 15.6. The predicted octanol–water partition coefficient (Wildman–Crippen LogP) is 5.33. The van der Waals surface area contributed by atoms with E-state index < -0.39 is 17.2 Å². The second kappa shape index (κ2) is 9.45. The average molecular weight is 519 g/mol. The molecule has 1 N–H and O–H groups in total. The molecule has 1 atom stereocenters. The van der Waals surface area contributed by atoms with E-state index in [4.69, 9.17) is 9.72 Å². The maximum absolute atomic E-state index is 15.6. The van der Waals surface area contributed by atoms with Gasteiger partial charge in [0.15, 0.2) is 11.6 Å². The van der Waals surface area contributed by atoms with Gasteiger partial charge in [0.25, 0.3) is 0 Å². The molecule has 0 spiro atoms. The highest BCUT2D eigenvalue weighted by molar-refractivity contribution is 5.97. The van der Waals surface area contributed by atoms with E-state index in [2.05, 4.69) is 23.6 Å². The van der Waals surface area contributed by atoms with Crippen LogP contribution in [-0.4, -0.2) is 44.9 Å². The standard InChI is InChI=1S/C29H31FN4O4/c1-3-4-11-33-23-8-6-5-7-22(23)31-28(33)18-9-12-32(13-10-18)25-21(30)14-19-24-27(25)38-16-17(2)34(24)15-20(26(19)35)29(36)37/h5-8,14-15,17-18H,3-4,9-13,16H2,1-2H3,(H,36,37)/t17-/m0/s1. The third-order valence-electron chi connectivity index (χ3n) is 7.97. The number of aryl methyl sites for hydroxylation is 1. The van der Waals surface area contributed by atoms with Gasteiger partial charge in [0.2, 0.25) is 5.43 Å². The molecule has 2 aliphatic heterocycles. The second-order valence-electron chi connectivity index (χ2n) is 10.4. The molecule has 4 aromatic rings. The number of ether oxygens (including phenoxy) is 1. The third-order valence-corrected chi connectivity index (χ3v) is 7.97. The van der Waals surface area contributed by atoms with Crippen LogP contribution >= 0.6 is 0 Å². The van der Waals surface area contributed by atoms with Crippen molar-refractivity contribution in [3.63, 3.8) is 0 Å². The van der Waals surface area contributed by atoms with Gasteiger partial charge in [-0.25, -0.2) is 14.2 Å². The lowest BCUT2D eigenvalue weighted by molar-refractivity contribution is 0.0694. The summed E-state index contributed by atoms with van der Waals surface area (Å²) in [7, 11) is 0. The van der Waals surface area contributed by atoms with Crippen molar-refractivity contribution in [2.24, 2.45) is 0 Å². The van der Waals surface area contributed by atoms with Crippen LogP contribution in [0.25, 0.3) is 21.9 Å². The van der Waals surface area contributed by atoms with Crippen molar-refractivity contribution in [1.29, 1.82) is 0 Å². The molecule has 2 aromatic carbocycles. The summed E-state index contributed by atoms with van der Waals surface area (Å²) in [6.07, 6.45) is 5.17. The molecule has 0 amide bonds. The minimum atomic E-state index is -1.32. The largest absolute Gasteiger partial charge is 0.487 e. The summed E-state index contributed by atoms with van der Waals surface area (Å²) < 4.78 is 25.8. The van der Waals surface area contributed by atoms with E-state index in [1.165, 1.54) is 12.3 Å². The Balaban J connectivity index is 1.36. The van der Waals surface area contributed by atoms with E-state index in [0.717, 1.165) is 49.1 Å². The number of halogens is 1. The molecule has 6 rings (SSSR count). The van der Waals surface area contributed by atoms with Gasteiger partial charge >= 0.3 is 5.97 Å². The van der Waals surface area contributed by atoms with Crippen molar-refractivity contribution < 1.29 is 19.0 Å². The zero-order valence-electron chi connectivity index (χ0n) is 21.6. The van der Waals surface area contributed by atoms with Gasteiger partial charge in [0, 0.05) is 31.7 Å². The minimum Gasteiger partial charge on any atom is -0.487 e. The van der Waals surface area contributed by atoms with E-state index in [1.54, 1.807) is 4.57 Å². The molecular weight excluding hydrogens is 487 g/mol. The van der Waals surface area contributed by atoms with Crippen LogP contribution in [-0.2, 0) is 6.54 Å². The number of carbonyl (C=O) groups is 1. The lowest BCUT2D eigenvalue weighted by atomic mass is 9.94. The highest BCUT2D eigenvalue weighted by atomic mass is 19.1. The molecule has 0 unspecified atom stereocenters. The summed E-state index contributed by atoms with van der Waals surface area (Å²) in [5.41, 5.74) is 1.91. The number of imidazole rings is 1. The minimum absolute atomic E-state index is 0.0345. The van der Waals surface area contributed by atoms with Crippen LogP contribution in [0.5, 0.6) is 5.75 Å². The topological polar surface area (TPSA) is 89.6 Å². The summed E-state index contributed by atoms with van der Waals surface area (Å²) >= 11 is 0. The molecule has 0 bridgehead atoms. The number of hydrogen-bond donors (Lipinski definition) is 1. The van der Waals surface area contributed by atoms with Crippen molar-refractivity contribution in [2.75, 3.05) is 24.6 Å². The Morgan fingerprint density at radius 1 is 1.24 bits per heavy atom. The Hall–Kier alpha value is -3.88. The number of aromatic nitrogens is 3. The van der Waals surface area contributed by atoms with Crippen LogP contribution in [0.3, 0.4) is 0 Å². The third kappa shape index (κ3) is 3.83. The number of hydrogen-bond acceptors (Lipinski definition) is 5. The number of nitrogens with zero attached hydrogens (tertiary/aromatic N) is 4. The highest BCUT2D eigenvalue weighted by Gasteiger charge is 2.33. The number of pyridine rings is 1. The van der Waals surface area contributed by atoms with Gasteiger partial charge in [0.1, 0.15) is 23.7 Å². The van der Waals surface area contributed by atoms with Gasteiger partial charge in [-0.2, -0.15) is 0 Å². The highest BCUT2D eigenvalue weighted by Crippen LogP contribution is 2.43. The van der Waals surface area contributed by atoms with Gasteiger partial charge in [-0.05, 0) is 44.4 Å². The molecule has 1 saturated heterocycles. The van der Waals surface area contributed by atoms with E-state index in [-0.39, 0.29) is 29.5 Å². The van der Waals surface area contributed by atoms with Gasteiger partial charge in [-0.3, -0.25) is 4.79 Å². The first kappa shape index (κ1) is 24.5. The van der Waals surface area contributed by atoms with Crippen LogP contribution < -0.4 is 15.1 Å². The number of aromatic carboxylic acids is 1. The fraction of sp³-hybridized carbons (Fsp3) is 0.414. The van der Waals surface area contributed by atoms with Gasteiger partial charge < -0.3 is 23.9 Å². The number of unbranched alkanes of at least 4 members (excludes halogenated alkanes) is 1. The Morgan fingerprint density at radius 3 is 2.74 bits per heavy atom. The lowest BCUT2D eigenvalue weighted by Gasteiger charge is -2.36. The van der Waals surface area contributed by atoms with Crippen LogP contribution in [0.15, 0.2) is 41.3 Å². The van der Waals surface area contributed by atoms with Crippen molar-refractivity contribution >= 4 is 33.6 Å². The van der Waals surface area contributed by atoms with Crippen molar-refractivity contribution in [1.82, 2.24) is 14.1 Å². The molecular formula is C29H31FN4O4. The van der Waals surface area contributed by atoms with Crippen LogP contribution in [0.2, 0.25) is 0 Å². The number of carboxylic acid groups (broad SMARTS) is 1. The molecule has 2 aliphatic rings. The molecule has 0 aliphatic carbocycles. The maximum Gasteiger partial charge on any atom is 0.341 e. The first-order valence-corrected chi connectivity index (χ1v) is 13.4. The Morgan fingerprint density at radius 2 is 2.00 bits per heavy atom. The monoisotopic (exact) mass is 518 g/mol. The van der Waals surface area contributed by atoms with Gasteiger partial charge in [-0.1, -0.05) is 25.5 Å². The van der Waals surface area contributed by atoms with E-state index in [1.807, 2.05) is 24.0 Å². The van der Waals surface area contributed by atoms with Crippen LogP contribution in [0, 0.1) is 5.82 Å². The Labute approximate surface area is 219 Å². The SMILES string of the molecule is CCCCn1c(C2CCN(c3c(F)cc4c(=O)c(C(=O)O)cn5c4c3OC[C@@H]5C)CC2)nc2ccccc21. The Kier molecular flexibility index (Phi) is 6.08. The number of anilines is 1. The fourth-order valence-corrected chi connectivity index (χ4v) is 5.98. The van der Waals surface area contributed by atoms with E-state index in [0.29, 0.717) is 30.0 Å². The second-order valence-corrected chi connectivity index (χ2v) is 10.4. The zero-order chi connectivity index (χ0) is 26.6. The van der Waals surface area contributed by atoms with Gasteiger partial charge in [-0.15, -0.1) is 0 Å². The summed E-state index contributed by atoms with van der Waals surface area (Å²) in [5, 5.41) is 9.56. The van der Waals surface area contributed by atoms with Crippen LogP contribution in [0.4, 0.5) is 10.1 Å². The van der Waals surface area contributed by atoms with E-state index in [9.17, 15) is 14.7 Å². The smallest absolute Gasteiger partial charge is 0.341 e. The lowest BCUT2D eigenvalue weighted by Crippen LogP contribution is -2.36. The molecule has 8 nitrogen and oxygen atoms in total. The number of carboxylic acids is 1. The molecule has 1 fully saturated rings. The Bertz CT molecular complexity index is 1620. The summed E-state index contributed by atoms with van der Waals surface area (Å²) in [4.78, 5) is 31.6. The summed E-state index contributed by atoms with van der Waals surface area (Å²) in [6, 6.07) is 9.23. The predicted molar refractivity (Wildman–Crippen MR) is 144 cm³/mol. The summed E-state index contributed by atoms with van der Waals surface area (Å²) in [6.45, 7) is 6.50. The molecule has 0 saturated carbocycles. The van der Waals surface area contributed by atoms with Crippen molar-refractivity contribution in [2.45, 2.75) is 58.0 Å².